The number of benzene rings is 6. The topological polar surface area (TPSA) is 208 Å². The first-order valence-corrected chi connectivity index (χ1v) is 28.9. The Hall–Kier alpha value is -10.2. The minimum Gasteiger partial charge on any atom is -0.444 e. The Kier molecular flexibility index (Phi) is 15.1. The summed E-state index contributed by atoms with van der Waals surface area (Å²) in [6.07, 6.45) is 9.16. The van der Waals surface area contributed by atoms with Crippen molar-refractivity contribution in [1.29, 1.82) is 0 Å². The predicted octanol–water partition coefficient (Wildman–Crippen LogP) is 14.6. The van der Waals surface area contributed by atoms with E-state index in [1.807, 2.05) is 154 Å². The van der Waals surface area contributed by atoms with Crippen molar-refractivity contribution in [2.75, 3.05) is 21.3 Å². The molecule has 0 bridgehead atoms. The lowest BCUT2D eigenvalue weighted by molar-refractivity contribution is -0.116. The third-order valence-electron chi connectivity index (χ3n) is 16.2. The van der Waals surface area contributed by atoms with Gasteiger partial charge < -0.3 is 37.1 Å². The van der Waals surface area contributed by atoms with Crippen molar-refractivity contribution in [2.45, 2.75) is 96.2 Å². The van der Waals surface area contributed by atoms with Gasteiger partial charge in [0.2, 0.25) is 11.8 Å². The van der Waals surface area contributed by atoms with Crippen molar-refractivity contribution in [3.05, 3.63) is 217 Å². The molecule has 16 heteroatoms. The molecule has 2 aliphatic heterocycles. The zero-order chi connectivity index (χ0) is 58.3. The van der Waals surface area contributed by atoms with Crippen molar-refractivity contribution >= 4 is 52.3 Å². The standard InChI is InChI=1S/C37H36N6O3.C32H28N6O.CH4/c1-36(2,3)46-35(45)42-37(20-10-21-37)25-18-16-24(17-19-25)32-29(23-31(44)39-26-11-5-4-6-12-26)41-34-27-13-7-8-14-28(27)40-33-30(43(32)34)15-9-22-38-33;33-32(17-7-18-32)22-15-13-21(14-16-22)29-26(20-28(39)35-23-8-2-1-3-9-23)37-31-24-10-4-5-11-25(24)36-30-27(38(29)31)12-6-19-34-30;/h4-9,11-19,22H,10,20-21,23H2,1-3H3,(H,38,40)(H,39,44)(H,42,45);1-6,8-16,19H,7,17-18,20,33H2,(H,34,36)(H,35,39);1H4. The highest BCUT2D eigenvalue weighted by Crippen LogP contribution is 2.47. The van der Waals surface area contributed by atoms with Crippen LogP contribution in [0.1, 0.15) is 89.2 Å². The molecule has 16 nitrogen and oxygen atoms in total. The Morgan fingerprint density at radius 1 is 0.547 bits per heavy atom. The Morgan fingerprint density at radius 3 is 1.40 bits per heavy atom. The molecule has 6 aromatic carbocycles. The number of para-hydroxylation sites is 4. The molecule has 4 aromatic heterocycles. The van der Waals surface area contributed by atoms with Gasteiger partial charge in [-0.15, -0.1) is 0 Å². The van der Waals surface area contributed by atoms with Crippen LogP contribution in [0, 0.1) is 0 Å². The fourth-order valence-electron chi connectivity index (χ4n) is 11.8. The highest BCUT2D eigenvalue weighted by Gasteiger charge is 2.42. The van der Waals surface area contributed by atoms with Crippen molar-refractivity contribution < 1.29 is 19.1 Å². The number of nitrogens with two attached hydrogens (primary N) is 1. The number of fused-ring (bicyclic) bond motifs is 10. The first-order valence-electron chi connectivity index (χ1n) is 28.9. The second kappa shape index (κ2) is 23.1. The summed E-state index contributed by atoms with van der Waals surface area (Å²) < 4.78 is 9.82. The summed E-state index contributed by atoms with van der Waals surface area (Å²) in [5.41, 5.74) is 19.2. The van der Waals surface area contributed by atoms with Crippen molar-refractivity contribution in [3.8, 4) is 56.7 Å². The molecule has 2 aliphatic carbocycles. The number of carbonyl (C=O) groups excluding carboxylic acids is 3. The fraction of sp³-hybridized carbons (Fsp3) is 0.214. The van der Waals surface area contributed by atoms with E-state index < -0.39 is 17.2 Å². The SMILES string of the molecule is C.CC(C)(C)OC(=O)NC1(c2ccc(-c3c(CC(=O)Nc4ccccc4)nc4n3-c3cccnc3Nc3ccccc3-4)cc2)CCC1.NC1(c2ccc(-c3c(CC(=O)Nc4ccccc4)nc4n3-c3cccnc3Nc3ccccc3-4)cc2)CCC1. The quantitative estimate of drug-likeness (QED) is 0.0718. The number of anilines is 6. The molecule has 4 aliphatic rings. The maximum Gasteiger partial charge on any atom is 0.408 e. The Labute approximate surface area is 500 Å². The van der Waals surface area contributed by atoms with Gasteiger partial charge >= 0.3 is 6.09 Å². The molecule has 3 amide bonds. The highest BCUT2D eigenvalue weighted by molar-refractivity contribution is 5.96. The van der Waals surface area contributed by atoms with E-state index in [1.54, 1.807) is 12.4 Å². The lowest BCUT2D eigenvalue weighted by atomic mass is 9.71. The van der Waals surface area contributed by atoms with Crippen LogP contribution >= 0.6 is 0 Å². The molecule has 0 saturated heterocycles. The number of hydrogen-bond donors (Lipinski definition) is 6. The number of imidazole rings is 2. The van der Waals surface area contributed by atoms with Crippen molar-refractivity contribution in [3.63, 3.8) is 0 Å². The van der Waals surface area contributed by atoms with Crippen LogP contribution in [-0.4, -0.2) is 52.6 Å². The lowest BCUT2D eigenvalue weighted by Crippen LogP contribution is -2.52. The Bertz CT molecular complexity index is 4140. The zero-order valence-electron chi connectivity index (χ0n) is 47.5. The normalized spacial score (nSPS) is 14.3. The number of hydrogen-bond acceptors (Lipinski definition) is 11. The van der Waals surface area contributed by atoms with E-state index >= 15 is 0 Å². The molecule has 86 heavy (non-hydrogen) atoms. The van der Waals surface area contributed by atoms with Gasteiger partial charge in [-0.1, -0.05) is 117 Å². The van der Waals surface area contributed by atoms with Crippen LogP contribution in [0.5, 0.6) is 0 Å². The largest absolute Gasteiger partial charge is 0.444 e. The number of amides is 3. The summed E-state index contributed by atoms with van der Waals surface area (Å²) in [5.74, 6) is 2.62. The van der Waals surface area contributed by atoms with Gasteiger partial charge in [-0.3, -0.25) is 18.7 Å². The van der Waals surface area contributed by atoms with E-state index in [1.165, 1.54) is 0 Å². The summed E-state index contributed by atoms with van der Waals surface area (Å²) in [5, 5.41) is 16.1. The number of carbonyl (C=O) groups is 3. The molecule has 0 atom stereocenters. The second-order valence-corrected chi connectivity index (χ2v) is 23.1. The maximum absolute atomic E-state index is 13.4. The maximum atomic E-state index is 13.4. The molecule has 0 spiro atoms. The number of pyridine rings is 2. The van der Waals surface area contributed by atoms with E-state index in [0.717, 1.165) is 135 Å². The van der Waals surface area contributed by atoms with E-state index in [4.69, 9.17) is 20.4 Å². The lowest BCUT2D eigenvalue weighted by Gasteiger charge is -2.43. The molecule has 2 fully saturated rings. The van der Waals surface area contributed by atoms with Crippen LogP contribution in [0.3, 0.4) is 0 Å². The van der Waals surface area contributed by atoms with Crippen LogP contribution < -0.4 is 32.3 Å². The molecule has 0 radical (unpaired) electrons. The number of nitrogens with one attached hydrogen (secondary N) is 5. The Morgan fingerprint density at radius 2 is 0.977 bits per heavy atom. The van der Waals surface area contributed by atoms with Gasteiger partial charge in [0.25, 0.3) is 0 Å². The fourth-order valence-corrected chi connectivity index (χ4v) is 11.8. The third kappa shape index (κ3) is 11.1. The summed E-state index contributed by atoms with van der Waals surface area (Å²) in [4.78, 5) is 59.1. The van der Waals surface area contributed by atoms with Crippen LogP contribution in [0.25, 0.3) is 56.7 Å². The van der Waals surface area contributed by atoms with Crippen molar-refractivity contribution in [2.24, 2.45) is 5.73 Å². The smallest absolute Gasteiger partial charge is 0.408 e. The van der Waals surface area contributed by atoms with E-state index in [9.17, 15) is 14.4 Å². The number of ether oxygens (including phenoxy) is 1. The predicted molar refractivity (Wildman–Crippen MR) is 340 cm³/mol. The highest BCUT2D eigenvalue weighted by atomic mass is 16.6. The van der Waals surface area contributed by atoms with Gasteiger partial charge in [-0.25, -0.2) is 24.7 Å². The molecule has 10 aromatic rings. The van der Waals surface area contributed by atoms with Crippen LogP contribution in [0.2, 0.25) is 0 Å². The van der Waals surface area contributed by atoms with Crippen molar-refractivity contribution in [1.82, 2.24) is 34.4 Å². The summed E-state index contributed by atoms with van der Waals surface area (Å²) in [7, 11) is 0. The summed E-state index contributed by atoms with van der Waals surface area (Å²) >= 11 is 0. The second-order valence-electron chi connectivity index (χ2n) is 23.1. The minimum atomic E-state index is -0.583. The van der Waals surface area contributed by atoms with Gasteiger partial charge in [-0.05, 0) is 143 Å². The number of nitrogens with zero attached hydrogens (tertiary/aromatic N) is 6. The third-order valence-corrected chi connectivity index (χ3v) is 16.2. The van der Waals surface area contributed by atoms with E-state index in [0.29, 0.717) is 17.2 Å². The number of alkyl carbamates (subject to hydrolysis) is 1. The number of rotatable bonds is 11. The molecule has 2 saturated carbocycles. The minimum absolute atomic E-state index is 0. The van der Waals surface area contributed by atoms with Gasteiger partial charge in [0, 0.05) is 51.6 Å². The Balaban J connectivity index is 0.000000168. The summed E-state index contributed by atoms with van der Waals surface area (Å²) in [6, 6.07) is 59.5. The van der Waals surface area contributed by atoms with Gasteiger partial charge in [0.05, 0.1) is 63.9 Å². The zero-order valence-corrected chi connectivity index (χ0v) is 47.5. The number of aromatic nitrogens is 6. The monoisotopic (exact) mass is 1140 g/mol. The first-order chi connectivity index (χ1) is 41.3. The first kappa shape index (κ1) is 56.3. The molecule has 6 heterocycles. The molecular formula is C70H68N12O4. The van der Waals surface area contributed by atoms with Crippen LogP contribution in [-0.2, 0) is 38.2 Å². The molecule has 7 N–H and O–H groups in total. The van der Waals surface area contributed by atoms with Gasteiger partial charge in [-0.2, -0.15) is 0 Å². The average molecular weight is 1140 g/mol. The molecule has 432 valence electrons. The van der Waals surface area contributed by atoms with Crippen LogP contribution in [0.4, 0.5) is 39.2 Å². The van der Waals surface area contributed by atoms with Gasteiger partial charge in [0.1, 0.15) is 17.2 Å². The molecule has 0 unspecified atom stereocenters. The van der Waals surface area contributed by atoms with E-state index in [2.05, 4.69) is 94.2 Å². The average Bonchev–Trinajstić information content (AvgIpc) is 1.74. The molecular weight excluding hydrogens is 1070 g/mol. The van der Waals surface area contributed by atoms with Crippen LogP contribution in [0.15, 0.2) is 194 Å². The van der Waals surface area contributed by atoms with Gasteiger partial charge in [0.15, 0.2) is 11.6 Å². The summed E-state index contributed by atoms with van der Waals surface area (Å²) in [6.45, 7) is 5.59. The molecule has 14 rings (SSSR count). The van der Waals surface area contributed by atoms with E-state index in [-0.39, 0.29) is 37.6 Å².